The van der Waals surface area contributed by atoms with Gasteiger partial charge >= 0.3 is 0 Å². The molecule has 0 radical (unpaired) electrons. The maximum atomic E-state index is 12.9. The van der Waals surface area contributed by atoms with E-state index in [-0.39, 0.29) is 22.9 Å². The Hall–Kier alpha value is -2.34. The Labute approximate surface area is 157 Å². The quantitative estimate of drug-likeness (QED) is 0.634. The highest BCUT2D eigenvalue weighted by Crippen LogP contribution is 2.25. The molecule has 0 saturated carbocycles. The Morgan fingerprint density at radius 2 is 1.58 bits per heavy atom. The van der Waals surface area contributed by atoms with Crippen molar-refractivity contribution in [2.75, 3.05) is 10.6 Å². The van der Waals surface area contributed by atoms with Crippen LogP contribution in [-0.2, 0) is 9.59 Å². The van der Waals surface area contributed by atoms with Gasteiger partial charge in [-0.1, -0.05) is 13.3 Å². The van der Waals surface area contributed by atoms with Crippen LogP contribution in [0.5, 0.6) is 0 Å². The van der Waals surface area contributed by atoms with Crippen molar-refractivity contribution in [2.24, 2.45) is 0 Å². The molecule has 138 valence electrons. The van der Waals surface area contributed by atoms with Crippen molar-refractivity contribution < 1.29 is 14.0 Å². The molecule has 0 heterocycles. The topological polar surface area (TPSA) is 58.2 Å². The normalized spacial score (nSPS) is 11.7. The highest BCUT2D eigenvalue weighted by atomic mass is 32.2. The summed E-state index contributed by atoms with van der Waals surface area (Å²) in [4.78, 5) is 24.9. The lowest BCUT2D eigenvalue weighted by Crippen LogP contribution is -2.22. The van der Waals surface area contributed by atoms with Crippen LogP contribution < -0.4 is 10.6 Å². The summed E-state index contributed by atoms with van der Waals surface area (Å²) >= 11 is 1.42. The number of thioether (sulfide) groups is 1. The number of carbonyl (C=O) groups excluding carboxylic acids is 2. The predicted molar refractivity (Wildman–Crippen MR) is 105 cm³/mol. The number of unbranched alkanes of at least 4 members (excludes halogenated alkanes) is 1. The van der Waals surface area contributed by atoms with Crippen molar-refractivity contribution in [1.29, 1.82) is 0 Å². The van der Waals surface area contributed by atoms with Crippen molar-refractivity contribution in [1.82, 2.24) is 0 Å². The van der Waals surface area contributed by atoms with Gasteiger partial charge in [-0.25, -0.2) is 4.39 Å². The lowest BCUT2D eigenvalue weighted by Gasteiger charge is -2.12. The third-order valence-electron chi connectivity index (χ3n) is 3.69. The largest absolute Gasteiger partial charge is 0.326 e. The Kier molecular flexibility index (Phi) is 7.66. The van der Waals surface area contributed by atoms with E-state index < -0.39 is 0 Å². The number of anilines is 2. The first-order valence-electron chi connectivity index (χ1n) is 8.61. The molecular weight excluding hydrogens is 351 g/mol. The smallest absolute Gasteiger partial charge is 0.237 e. The van der Waals surface area contributed by atoms with Gasteiger partial charge in [0.25, 0.3) is 0 Å². The fraction of sp³-hybridized carbons (Fsp3) is 0.300. The summed E-state index contributed by atoms with van der Waals surface area (Å²) in [6.45, 7) is 3.86. The summed E-state index contributed by atoms with van der Waals surface area (Å²) in [6, 6.07) is 13.1. The van der Waals surface area contributed by atoms with Crippen LogP contribution in [0.25, 0.3) is 0 Å². The lowest BCUT2D eigenvalue weighted by atomic mass is 10.2. The summed E-state index contributed by atoms with van der Waals surface area (Å²) in [5.41, 5.74) is 1.31. The van der Waals surface area contributed by atoms with Gasteiger partial charge in [0.1, 0.15) is 5.82 Å². The zero-order valence-electron chi connectivity index (χ0n) is 14.9. The van der Waals surface area contributed by atoms with E-state index >= 15 is 0 Å². The second-order valence-electron chi connectivity index (χ2n) is 5.93. The molecular formula is C20H23FN2O2S. The SMILES string of the molecule is CCCCC(=O)Nc1ccc(SC(C)C(=O)Nc2ccc(F)cc2)cc1. The van der Waals surface area contributed by atoms with E-state index in [9.17, 15) is 14.0 Å². The third kappa shape index (κ3) is 6.52. The van der Waals surface area contributed by atoms with Gasteiger partial charge in [0, 0.05) is 22.7 Å². The molecule has 0 aromatic heterocycles. The van der Waals surface area contributed by atoms with Crippen LogP contribution in [-0.4, -0.2) is 17.1 Å². The van der Waals surface area contributed by atoms with Crippen LogP contribution >= 0.6 is 11.8 Å². The molecule has 2 aromatic rings. The van der Waals surface area contributed by atoms with Crippen LogP contribution in [0.2, 0.25) is 0 Å². The minimum atomic E-state index is -0.340. The molecule has 2 amide bonds. The van der Waals surface area contributed by atoms with Crippen LogP contribution in [0.1, 0.15) is 33.1 Å². The van der Waals surface area contributed by atoms with Gasteiger partial charge in [-0.3, -0.25) is 9.59 Å². The molecule has 1 atom stereocenters. The molecule has 0 aliphatic heterocycles. The summed E-state index contributed by atoms with van der Waals surface area (Å²) in [5, 5.41) is 5.31. The molecule has 0 fully saturated rings. The molecule has 26 heavy (non-hydrogen) atoms. The van der Waals surface area contributed by atoms with Crippen LogP contribution in [0, 0.1) is 5.82 Å². The molecule has 6 heteroatoms. The molecule has 4 nitrogen and oxygen atoms in total. The fourth-order valence-electron chi connectivity index (χ4n) is 2.21. The van der Waals surface area contributed by atoms with E-state index in [2.05, 4.69) is 10.6 Å². The monoisotopic (exact) mass is 374 g/mol. The first kappa shape index (κ1) is 20.0. The average molecular weight is 374 g/mol. The molecule has 0 saturated heterocycles. The Balaban J connectivity index is 1.86. The standard InChI is InChI=1S/C20H23FN2O2S/c1-3-4-5-19(24)22-16-10-12-18(13-11-16)26-14(2)20(25)23-17-8-6-15(21)7-9-17/h6-14H,3-5H2,1-2H3,(H,22,24)(H,23,25). The van der Waals surface area contributed by atoms with Gasteiger partial charge in [-0.15, -0.1) is 11.8 Å². The first-order chi connectivity index (χ1) is 12.5. The zero-order valence-corrected chi connectivity index (χ0v) is 15.7. The molecule has 2 aromatic carbocycles. The average Bonchev–Trinajstić information content (AvgIpc) is 2.63. The predicted octanol–water partition coefficient (Wildman–Crippen LogP) is 5.07. The van der Waals surface area contributed by atoms with Crippen molar-refractivity contribution in [3.8, 4) is 0 Å². The maximum absolute atomic E-state index is 12.9. The van der Waals surface area contributed by atoms with E-state index in [1.165, 1.54) is 36.0 Å². The Morgan fingerprint density at radius 3 is 2.19 bits per heavy atom. The van der Waals surface area contributed by atoms with E-state index in [1.807, 2.05) is 38.1 Å². The zero-order chi connectivity index (χ0) is 18.9. The van der Waals surface area contributed by atoms with Crippen molar-refractivity contribution in [3.63, 3.8) is 0 Å². The number of nitrogens with one attached hydrogen (secondary N) is 2. The van der Waals surface area contributed by atoms with Crippen LogP contribution in [0.3, 0.4) is 0 Å². The Bertz CT molecular complexity index is 732. The summed E-state index contributed by atoms with van der Waals surface area (Å²) in [6.07, 6.45) is 2.38. The Morgan fingerprint density at radius 1 is 1.00 bits per heavy atom. The van der Waals surface area contributed by atoms with E-state index in [4.69, 9.17) is 0 Å². The number of amides is 2. The molecule has 2 rings (SSSR count). The highest BCUT2D eigenvalue weighted by molar-refractivity contribution is 8.00. The highest BCUT2D eigenvalue weighted by Gasteiger charge is 2.14. The molecule has 0 spiro atoms. The van der Waals surface area contributed by atoms with Gasteiger partial charge in [0.2, 0.25) is 11.8 Å². The number of rotatable bonds is 8. The van der Waals surface area contributed by atoms with Crippen molar-refractivity contribution in [2.45, 2.75) is 43.3 Å². The summed E-state index contributed by atoms with van der Waals surface area (Å²) in [5.74, 6) is -0.481. The van der Waals surface area contributed by atoms with Crippen molar-refractivity contribution >= 4 is 35.0 Å². The minimum absolute atomic E-state index is 0.0132. The van der Waals surface area contributed by atoms with Crippen molar-refractivity contribution in [3.05, 3.63) is 54.3 Å². The first-order valence-corrected chi connectivity index (χ1v) is 9.49. The molecule has 2 N–H and O–H groups in total. The van der Waals surface area contributed by atoms with Gasteiger partial charge in [-0.05, 0) is 61.9 Å². The number of hydrogen-bond donors (Lipinski definition) is 2. The third-order valence-corrected chi connectivity index (χ3v) is 4.80. The number of hydrogen-bond acceptors (Lipinski definition) is 3. The van der Waals surface area contributed by atoms with E-state index in [0.29, 0.717) is 12.1 Å². The molecule has 0 aliphatic carbocycles. The van der Waals surface area contributed by atoms with E-state index in [0.717, 1.165) is 23.4 Å². The second-order valence-corrected chi connectivity index (χ2v) is 7.35. The summed E-state index contributed by atoms with van der Waals surface area (Å²) in [7, 11) is 0. The molecule has 1 unspecified atom stereocenters. The van der Waals surface area contributed by atoms with Crippen LogP contribution in [0.4, 0.5) is 15.8 Å². The summed E-state index contributed by atoms with van der Waals surface area (Å²) < 4.78 is 12.9. The van der Waals surface area contributed by atoms with Gasteiger partial charge in [-0.2, -0.15) is 0 Å². The minimum Gasteiger partial charge on any atom is -0.326 e. The van der Waals surface area contributed by atoms with E-state index in [1.54, 1.807) is 0 Å². The number of benzene rings is 2. The number of carbonyl (C=O) groups is 2. The molecule has 0 bridgehead atoms. The number of halogens is 1. The molecule has 0 aliphatic rings. The van der Waals surface area contributed by atoms with Gasteiger partial charge in [0.05, 0.1) is 5.25 Å². The maximum Gasteiger partial charge on any atom is 0.237 e. The lowest BCUT2D eigenvalue weighted by molar-refractivity contribution is -0.116. The fourth-order valence-corrected chi connectivity index (χ4v) is 3.08. The van der Waals surface area contributed by atoms with Gasteiger partial charge in [0.15, 0.2) is 0 Å². The van der Waals surface area contributed by atoms with Crippen LogP contribution in [0.15, 0.2) is 53.4 Å². The van der Waals surface area contributed by atoms with Gasteiger partial charge < -0.3 is 10.6 Å². The second kappa shape index (κ2) is 9.97.